The number of carbonyl (C=O) groups is 2. The van der Waals surface area contributed by atoms with Gasteiger partial charge in [0.05, 0.1) is 6.42 Å². The summed E-state index contributed by atoms with van der Waals surface area (Å²) in [6.07, 6.45) is 0.321. The molecule has 5 nitrogen and oxygen atoms in total. The summed E-state index contributed by atoms with van der Waals surface area (Å²) in [4.78, 5) is 26.4. The number of anilines is 2. The number of amides is 2. The van der Waals surface area contributed by atoms with E-state index in [2.05, 4.69) is 0 Å². The number of hydrogen-bond acceptors (Lipinski definition) is 3. The molecule has 1 heterocycles. The third kappa shape index (κ3) is 2.08. The number of hydrogen-bond donors (Lipinski definition) is 1. The molecule has 17 heavy (non-hydrogen) atoms. The van der Waals surface area contributed by atoms with E-state index in [4.69, 9.17) is 5.73 Å². The minimum atomic E-state index is -0.0944. The predicted molar refractivity (Wildman–Crippen MR) is 65.6 cm³/mol. The highest BCUT2D eigenvalue weighted by Crippen LogP contribution is 2.30. The van der Waals surface area contributed by atoms with Crippen molar-refractivity contribution in [1.82, 2.24) is 4.90 Å². The maximum absolute atomic E-state index is 11.8. The van der Waals surface area contributed by atoms with Crippen molar-refractivity contribution in [1.29, 1.82) is 0 Å². The normalized spacial score (nSPS) is 13.8. The van der Waals surface area contributed by atoms with E-state index in [0.717, 1.165) is 11.3 Å². The Labute approximate surface area is 99.8 Å². The fourth-order valence-corrected chi connectivity index (χ4v) is 1.85. The number of fused-ring (bicyclic) bond motifs is 1. The van der Waals surface area contributed by atoms with Crippen LogP contribution in [0.4, 0.5) is 11.4 Å². The number of carbonyl (C=O) groups excluding carboxylic acids is 2. The number of likely N-dealkylation sites (N-methyl/N-ethyl adjacent to an activating group) is 1. The third-order valence-corrected chi connectivity index (χ3v) is 2.83. The van der Waals surface area contributed by atoms with Gasteiger partial charge in [-0.1, -0.05) is 0 Å². The molecule has 1 aromatic rings. The number of nitrogens with two attached hydrogens (primary N) is 1. The molecule has 0 spiro atoms. The van der Waals surface area contributed by atoms with E-state index < -0.39 is 0 Å². The van der Waals surface area contributed by atoms with Crippen molar-refractivity contribution in [2.45, 2.75) is 6.42 Å². The molecular formula is C12H15N3O2. The lowest BCUT2D eigenvalue weighted by Gasteiger charge is -2.19. The molecule has 0 saturated heterocycles. The topological polar surface area (TPSA) is 66.6 Å². The monoisotopic (exact) mass is 233 g/mol. The molecule has 0 unspecified atom stereocenters. The Morgan fingerprint density at radius 2 is 2.18 bits per heavy atom. The van der Waals surface area contributed by atoms with Crippen LogP contribution in [0.25, 0.3) is 0 Å². The van der Waals surface area contributed by atoms with Crippen molar-refractivity contribution in [3.8, 4) is 0 Å². The fourth-order valence-electron chi connectivity index (χ4n) is 1.85. The lowest BCUT2D eigenvalue weighted by atomic mass is 10.1. The summed E-state index contributed by atoms with van der Waals surface area (Å²) in [6, 6.07) is 5.32. The van der Waals surface area contributed by atoms with E-state index in [1.807, 2.05) is 0 Å². The van der Waals surface area contributed by atoms with Gasteiger partial charge in [0.2, 0.25) is 11.8 Å². The second-order valence-corrected chi connectivity index (χ2v) is 4.33. The zero-order valence-electron chi connectivity index (χ0n) is 9.93. The van der Waals surface area contributed by atoms with Gasteiger partial charge in [0.25, 0.3) is 0 Å². The van der Waals surface area contributed by atoms with Crippen molar-refractivity contribution >= 4 is 23.2 Å². The van der Waals surface area contributed by atoms with Crippen LogP contribution in [0.3, 0.4) is 0 Å². The van der Waals surface area contributed by atoms with Gasteiger partial charge in [0.1, 0.15) is 6.54 Å². The van der Waals surface area contributed by atoms with Gasteiger partial charge < -0.3 is 15.5 Å². The van der Waals surface area contributed by atoms with Gasteiger partial charge in [0.15, 0.2) is 0 Å². The standard InChI is InChI=1S/C12H15N3O2/c1-14(2)12(17)7-15-10-4-3-9(13)5-8(10)6-11(15)16/h3-5H,6-7,13H2,1-2H3. The molecule has 1 aliphatic heterocycles. The van der Waals surface area contributed by atoms with Crippen LogP contribution in [0.2, 0.25) is 0 Å². The minimum Gasteiger partial charge on any atom is -0.399 e. The highest BCUT2D eigenvalue weighted by atomic mass is 16.2. The lowest BCUT2D eigenvalue weighted by molar-refractivity contribution is -0.129. The van der Waals surface area contributed by atoms with Crippen molar-refractivity contribution in [2.24, 2.45) is 0 Å². The molecule has 2 amide bonds. The lowest BCUT2D eigenvalue weighted by Crippen LogP contribution is -2.38. The molecule has 0 aliphatic carbocycles. The number of nitrogens with zero attached hydrogens (tertiary/aromatic N) is 2. The van der Waals surface area contributed by atoms with E-state index in [-0.39, 0.29) is 18.4 Å². The average Bonchev–Trinajstić information content (AvgIpc) is 2.54. The molecular weight excluding hydrogens is 218 g/mol. The summed E-state index contributed by atoms with van der Waals surface area (Å²) in [5.41, 5.74) is 7.98. The third-order valence-electron chi connectivity index (χ3n) is 2.83. The van der Waals surface area contributed by atoms with Crippen LogP contribution in [0.15, 0.2) is 18.2 Å². The molecule has 1 aromatic carbocycles. The maximum Gasteiger partial charge on any atom is 0.242 e. The van der Waals surface area contributed by atoms with Crippen molar-refractivity contribution in [2.75, 3.05) is 31.3 Å². The Bertz CT molecular complexity index is 483. The van der Waals surface area contributed by atoms with Crippen LogP contribution in [0.5, 0.6) is 0 Å². The Morgan fingerprint density at radius 3 is 2.82 bits per heavy atom. The zero-order chi connectivity index (χ0) is 12.6. The van der Waals surface area contributed by atoms with Crippen LogP contribution >= 0.6 is 0 Å². The SMILES string of the molecule is CN(C)C(=O)CN1C(=O)Cc2cc(N)ccc21. The first-order chi connectivity index (χ1) is 7.99. The first-order valence-electron chi connectivity index (χ1n) is 5.38. The summed E-state index contributed by atoms with van der Waals surface area (Å²) in [7, 11) is 3.35. The Hall–Kier alpha value is -2.04. The van der Waals surface area contributed by atoms with Gasteiger partial charge in [0, 0.05) is 25.5 Å². The minimum absolute atomic E-state index is 0.0548. The predicted octanol–water partition coefficient (Wildman–Crippen LogP) is 0.246. The number of benzene rings is 1. The molecule has 90 valence electrons. The molecule has 0 bridgehead atoms. The van der Waals surface area contributed by atoms with Gasteiger partial charge in [-0.2, -0.15) is 0 Å². The Kier molecular flexibility index (Phi) is 2.75. The molecule has 0 radical (unpaired) electrons. The van der Waals surface area contributed by atoms with Gasteiger partial charge >= 0.3 is 0 Å². The highest BCUT2D eigenvalue weighted by molar-refractivity contribution is 6.05. The van der Waals surface area contributed by atoms with Gasteiger partial charge in [-0.25, -0.2) is 0 Å². The fraction of sp³-hybridized carbons (Fsp3) is 0.333. The Morgan fingerprint density at radius 1 is 1.47 bits per heavy atom. The summed E-state index contributed by atoms with van der Waals surface area (Å²) < 4.78 is 0. The number of nitrogen functional groups attached to an aromatic ring is 1. The first-order valence-corrected chi connectivity index (χ1v) is 5.38. The molecule has 1 aliphatic rings. The quantitative estimate of drug-likeness (QED) is 0.744. The zero-order valence-corrected chi connectivity index (χ0v) is 9.93. The summed E-state index contributed by atoms with van der Waals surface area (Å²) in [5.74, 6) is -0.149. The highest BCUT2D eigenvalue weighted by Gasteiger charge is 2.29. The van der Waals surface area contributed by atoms with E-state index in [0.29, 0.717) is 12.1 Å². The smallest absolute Gasteiger partial charge is 0.242 e. The molecule has 0 fully saturated rings. The van der Waals surface area contributed by atoms with E-state index in [9.17, 15) is 9.59 Å². The second kappa shape index (κ2) is 4.08. The van der Waals surface area contributed by atoms with Crippen LogP contribution in [-0.2, 0) is 16.0 Å². The van der Waals surface area contributed by atoms with Crippen LogP contribution in [-0.4, -0.2) is 37.4 Å². The van der Waals surface area contributed by atoms with Crippen molar-refractivity contribution in [3.05, 3.63) is 23.8 Å². The molecule has 2 N–H and O–H groups in total. The van der Waals surface area contributed by atoms with Gasteiger partial charge in [-0.05, 0) is 23.8 Å². The maximum atomic E-state index is 11.8. The van der Waals surface area contributed by atoms with E-state index in [1.165, 1.54) is 9.80 Å². The molecule has 5 heteroatoms. The van der Waals surface area contributed by atoms with E-state index in [1.54, 1.807) is 32.3 Å². The largest absolute Gasteiger partial charge is 0.399 e. The summed E-state index contributed by atoms with van der Waals surface area (Å²) >= 11 is 0. The van der Waals surface area contributed by atoms with Gasteiger partial charge in [-0.15, -0.1) is 0 Å². The Balaban J connectivity index is 2.26. The average molecular weight is 233 g/mol. The van der Waals surface area contributed by atoms with E-state index >= 15 is 0 Å². The van der Waals surface area contributed by atoms with Crippen LogP contribution in [0, 0.1) is 0 Å². The van der Waals surface area contributed by atoms with Crippen LogP contribution in [0.1, 0.15) is 5.56 Å². The first kappa shape index (κ1) is 11.4. The molecule has 0 aromatic heterocycles. The molecule has 2 rings (SSSR count). The van der Waals surface area contributed by atoms with Gasteiger partial charge in [-0.3, -0.25) is 9.59 Å². The number of rotatable bonds is 2. The molecule has 0 atom stereocenters. The summed E-state index contributed by atoms with van der Waals surface area (Å²) in [5, 5.41) is 0. The van der Waals surface area contributed by atoms with Crippen LogP contribution < -0.4 is 10.6 Å². The summed E-state index contributed by atoms with van der Waals surface area (Å²) in [6.45, 7) is 0.0861. The van der Waals surface area contributed by atoms with Crippen molar-refractivity contribution in [3.63, 3.8) is 0 Å². The van der Waals surface area contributed by atoms with Crippen molar-refractivity contribution < 1.29 is 9.59 Å². The molecule has 0 saturated carbocycles. The second-order valence-electron chi connectivity index (χ2n) is 4.33.